The first-order chi connectivity index (χ1) is 38.7. The highest BCUT2D eigenvalue weighted by Gasteiger charge is 2.43. The van der Waals surface area contributed by atoms with Gasteiger partial charge in [-0.3, -0.25) is 0 Å². The van der Waals surface area contributed by atoms with E-state index in [0.29, 0.717) is 0 Å². The maximum Gasteiger partial charge on any atom is 0.0467 e. The van der Waals surface area contributed by atoms with E-state index in [1.54, 1.807) is 0 Å². The molecule has 15 rings (SSSR count). The van der Waals surface area contributed by atoms with Crippen molar-refractivity contribution < 1.29 is 0 Å². The first kappa shape index (κ1) is 48.2. The van der Waals surface area contributed by atoms with Gasteiger partial charge in [-0.15, -0.1) is 0 Å². The van der Waals surface area contributed by atoms with Gasteiger partial charge in [0, 0.05) is 55.8 Å². The van der Waals surface area contributed by atoms with Crippen LogP contribution in [0, 0.1) is 0 Å². The minimum Gasteiger partial charge on any atom is -0.310 e. The molecule has 0 aromatic heterocycles. The summed E-state index contributed by atoms with van der Waals surface area (Å²) in [5.74, 6) is 0. The number of hydrogen-bond donors (Lipinski definition) is 0. The van der Waals surface area contributed by atoms with Gasteiger partial charge in [-0.05, 0) is 202 Å². The van der Waals surface area contributed by atoms with Gasteiger partial charge in [0.2, 0.25) is 0 Å². The fraction of sp³-hybridized carbons (Fsp3) is 0.154. The van der Waals surface area contributed by atoms with Crippen molar-refractivity contribution in [3.63, 3.8) is 0 Å². The molecular weight excluding hydrogens is 965 g/mol. The summed E-state index contributed by atoms with van der Waals surface area (Å²) in [6, 6.07) is 91.4. The predicted molar refractivity (Wildman–Crippen MR) is 337 cm³/mol. The number of fused-ring (bicyclic) bond motifs is 12. The molecule has 0 radical (unpaired) electrons. The molecule has 0 N–H and O–H groups in total. The van der Waals surface area contributed by atoms with Crippen molar-refractivity contribution in [2.75, 3.05) is 9.80 Å². The summed E-state index contributed by atoms with van der Waals surface area (Å²) in [5, 5.41) is 0. The summed E-state index contributed by atoms with van der Waals surface area (Å²) in [7, 11) is 0. The first-order valence-electron chi connectivity index (χ1n) is 28.6. The van der Waals surface area contributed by atoms with E-state index < -0.39 is 0 Å². The van der Waals surface area contributed by atoms with E-state index in [1.165, 1.54) is 111 Å². The lowest BCUT2D eigenvalue weighted by molar-refractivity contribution is 0.652. The van der Waals surface area contributed by atoms with Crippen LogP contribution in [0.15, 0.2) is 243 Å². The molecule has 4 aliphatic carbocycles. The molecule has 386 valence electrons. The van der Waals surface area contributed by atoms with Crippen LogP contribution in [-0.2, 0) is 21.7 Å². The third kappa shape index (κ3) is 6.97. The van der Waals surface area contributed by atoms with Gasteiger partial charge in [-0.1, -0.05) is 207 Å². The highest BCUT2D eigenvalue weighted by atomic mass is 15.1. The van der Waals surface area contributed by atoms with E-state index in [9.17, 15) is 0 Å². The summed E-state index contributed by atoms with van der Waals surface area (Å²) in [6.45, 7) is 19.2. The van der Waals surface area contributed by atoms with Gasteiger partial charge in [-0.2, -0.15) is 0 Å². The number of rotatable bonds is 8. The minimum absolute atomic E-state index is 0.101. The molecule has 2 heteroatoms. The third-order valence-corrected chi connectivity index (χ3v) is 19.0. The Balaban J connectivity index is 0.794. The van der Waals surface area contributed by atoms with Gasteiger partial charge in [0.1, 0.15) is 0 Å². The van der Waals surface area contributed by atoms with E-state index in [1.807, 2.05) is 0 Å². The van der Waals surface area contributed by atoms with E-state index in [4.69, 9.17) is 0 Å². The molecule has 80 heavy (non-hydrogen) atoms. The maximum absolute atomic E-state index is 2.57. The minimum atomic E-state index is -0.234. The average molecular weight is 1030 g/mol. The van der Waals surface area contributed by atoms with Crippen molar-refractivity contribution in [1.82, 2.24) is 0 Å². The zero-order valence-electron chi connectivity index (χ0n) is 47.0. The zero-order chi connectivity index (χ0) is 54.5. The lowest BCUT2D eigenvalue weighted by Gasteiger charge is -2.28. The first-order valence-corrected chi connectivity index (χ1v) is 28.6. The normalized spacial score (nSPS) is 15.4. The topological polar surface area (TPSA) is 6.48 Å². The van der Waals surface area contributed by atoms with Crippen molar-refractivity contribution in [1.29, 1.82) is 0 Å². The number of anilines is 6. The molecule has 0 amide bonds. The van der Waals surface area contributed by atoms with Gasteiger partial charge < -0.3 is 9.80 Å². The average Bonchev–Trinajstić information content (AvgIpc) is 3.53. The number of hydrogen-bond acceptors (Lipinski definition) is 2. The van der Waals surface area contributed by atoms with Gasteiger partial charge in [-0.25, -0.2) is 0 Å². The van der Waals surface area contributed by atoms with E-state index in [-0.39, 0.29) is 21.7 Å². The summed E-state index contributed by atoms with van der Waals surface area (Å²) < 4.78 is 0. The molecule has 0 aliphatic heterocycles. The molecule has 11 aromatic rings. The standard InChI is InChI=1S/C78H64N2/c1-75(2)66-33-17-15-30-59(66)61-40-37-56(45-70(61)75)79(52-24-11-9-12-25-52)54-28-19-22-49(42-54)50-36-39-63-64-47-73-65(48-72(64)78(7,8)69(63)44-50)74-58(32-21-35-68(74)77(73,5)6)51-23-20-29-55(43-51)80(53-26-13-10-14-27-53)57-38-41-62-60-31-16-18-34-67(60)76(3,4)71(62)46-57/h9-48H,1-8H3. The molecule has 4 aliphatic rings. The monoisotopic (exact) mass is 1030 g/mol. The summed E-state index contributed by atoms with van der Waals surface area (Å²) in [4.78, 5) is 4.86. The Bertz CT molecular complexity index is 4360. The van der Waals surface area contributed by atoms with E-state index in [2.05, 4.69) is 308 Å². The second-order valence-electron chi connectivity index (χ2n) is 24.9. The van der Waals surface area contributed by atoms with Crippen LogP contribution < -0.4 is 9.80 Å². The van der Waals surface area contributed by atoms with Crippen LogP contribution in [0.5, 0.6) is 0 Å². The fourth-order valence-corrected chi connectivity index (χ4v) is 14.8. The highest BCUT2D eigenvalue weighted by Crippen LogP contribution is 2.59. The molecule has 0 heterocycles. The number of para-hydroxylation sites is 2. The van der Waals surface area contributed by atoms with Crippen LogP contribution in [0.4, 0.5) is 34.1 Å². The predicted octanol–water partition coefficient (Wildman–Crippen LogP) is 21.2. The van der Waals surface area contributed by atoms with E-state index >= 15 is 0 Å². The lowest BCUT2D eigenvalue weighted by Crippen LogP contribution is -2.17. The summed E-state index contributed by atoms with van der Waals surface area (Å²) in [6.07, 6.45) is 0. The Hall–Kier alpha value is -8.98. The molecule has 11 aromatic carbocycles. The van der Waals surface area contributed by atoms with Crippen LogP contribution in [0.25, 0.3) is 66.8 Å². The SMILES string of the molecule is CC1(C)c2ccccc2-c2ccc(N(c3ccccc3)c3cccc(-c4ccc5c(c4)C(C)(C)c4cc6c(cc4-5)C(C)(C)c4cccc(-c5cccc(N(c7ccccc7)c7ccc8c(c7)C(C)(C)c7ccccc7-8)c5)c4-6)c3)cc21. The van der Waals surface area contributed by atoms with E-state index in [0.717, 1.165) is 34.1 Å². The van der Waals surface area contributed by atoms with Crippen LogP contribution in [0.3, 0.4) is 0 Å². The van der Waals surface area contributed by atoms with Crippen molar-refractivity contribution in [3.8, 4) is 66.8 Å². The number of benzene rings is 11. The second kappa shape index (κ2) is 17.3. The maximum atomic E-state index is 2.57. The molecule has 2 nitrogen and oxygen atoms in total. The smallest absolute Gasteiger partial charge is 0.0467 e. The molecular formula is C78H64N2. The van der Waals surface area contributed by atoms with Gasteiger partial charge in [0.05, 0.1) is 0 Å². The molecule has 0 atom stereocenters. The van der Waals surface area contributed by atoms with Crippen molar-refractivity contribution in [2.45, 2.75) is 77.0 Å². The molecule has 0 fully saturated rings. The van der Waals surface area contributed by atoms with Crippen LogP contribution in [0.2, 0.25) is 0 Å². The molecule has 0 saturated heterocycles. The lowest BCUT2D eigenvalue weighted by atomic mass is 9.79. The Kier molecular flexibility index (Phi) is 10.4. The molecule has 0 saturated carbocycles. The number of nitrogens with zero attached hydrogens (tertiary/aromatic N) is 2. The summed E-state index contributed by atoms with van der Waals surface area (Å²) in [5.41, 5.74) is 32.9. The van der Waals surface area contributed by atoms with Crippen LogP contribution in [-0.4, -0.2) is 0 Å². The van der Waals surface area contributed by atoms with Crippen molar-refractivity contribution >= 4 is 34.1 Å². The Morgan fingerprint density at radius 1 is 0.200 bits per heavy atom. The molecule has 0 spiro atoms. The largest absolute Gasteiger partial charge is 0.310 e. The summed E-state index contributed by atoms with van der Waals surface area (Å²) >= 11 is 0. The quantitative estimate of drug-likeness (QED) is 0.150. The van der Waals surface area contributed by atoms with Crippen molar-refractivity contribution in [2.24, 2.45) is 0 Å². The Labute approximate surface area is 472 Å². The van der Waals surface area contributed by atoms with Crippen molar-refractivity contribution in [3.05, 3.63) is 287 Å². The highest BCUT2D eigenvalue weighted by molar-refractivity contribution is 5.98. The van der Waals surface area contributed by atoms with Crippen LogP contribution in [0.1, 0.15) is 99.9 Å². The molecule has 0 unspecified atom stereocenters. The molecule has 0 bridgehead atoms. The fourth-order valence-electron chi connectivity index (χ4n) is 14.8. The van der Waals surface area contributed by atoms with Gasteiger partial charge >= 0.3 is 0 Å². The Morgan fingerprint density at radius 2 is 0.550 bits per heavy atom. The third-order valence-electron chi connectivity index (χ3n) is 19.0. The zero-order valence-corrected chi connectivity index (χ0v) is 47.0. The van der Waals surface area contributed by atoms with Gasteiger partial charge in [0.25, 0.3) is 0 Å². The second-order valence-corrected chi connectivity index (χ2v) is 24.9. The van der Waals surface area contributed by atoms with Crippen LogP contribution >= 0.6 is 0 Å². The van der Waals surface area contributed by atoms with Gasteiger partial charge in [0.15, 0.2) is 0 Å². The Morgan fingerprint density at radius 3 is 1.14 bits per heavy atom.